The van der Waals surface area contributed by atoms with Gasteiger partial charge in [0.1, 0.15) is 5.82 Å². The van der Waals surface area contributed by atoms with Crippen LogP contribution in [0.4, 0.5) is 20.6 Å². The van der Waals surface area contributed by atoms with Crippen molar-refractivity contribution in [2.75, 3.05) is 23.3 Å². The van der Waals surface area contributed by atoms with Crippen molar-refractivity contribution in [3.05, 3.63) is 58.9 Å². The molecule has 5 nitrogen and oxygen atoms in total. The molecule has 29 heavy (non-hydrogen) atoms. The summed E-state index contributed by atoms with van der Waals surface area (Å²) in [5.41, 5.74) is 1.69. The molecule has 4 rings (SSSR count). The van der Waals surface area contributed by atoms with E-state index in [1.165, 1.54) is 28.8 Å². The number of fused-ring (bicyclic) bond motifs is 2. The third-order valence-electron chi connectivity index (χ3n) is 5.13. The Kier molecular flexibility index (Phi) is 4.78. The highest BCUT2D eigenvalue weighted by Crippen LogP contribution is 2.59. The third-order valence-corrected chi connectivity index (χ3v) is 6.96. The first-order valence-corrected chi connectivity index (χ1v) is 10.5. The number of amides is 3. The Morgan fingerprint density at radius 2 is 2.03 bits per heavy atom. The fraction of sp³-hybridized carbons (Fsp3) is 0.333. The summed E-state index contributed by atoms with van der Waals surface area (Å²) in [6.07, 6.45) is 0. The highest BCUT2D eigenvalue weighted by Gasteiger charge is 2.63. The summed E-state index contributed by atoms with van der Waals surface area (Å²) < 4.78 is 13.8. The number of carbonyl (C=O) groups is 2. The van der Waals surface area contributed by atoms with E-state index in [0.717, 1.165) is 0 Å². The van der Waals surface area contributed by atoms with E-state index in [2.05, 4.69) is 5.32 Å². The van der Waals surface area contributed by atoms with Crippen LogP contribution in [0.1, 0.15) is 26.3 Å². The van der Waals surface area contributed by atoms with E-state index < -0.39 is 21.5 Å². The van der Waals surface area contributed by atoms with Gasteiger partial charge >= 0.3 is 6.03 Å². The number of likely N-dealkylation sites (N-methyl/N-ethyl adjacent to an activating group) is 1. The first-order chi connectivity index (χ1) is 13.7. The van der Waals surface area contributed by atoms with E-state index in [0.29, 0.717) is 35.1 Å². The average molecular weight is 434 g/mol. The van der Waals surface area contributed by atoms with Crippen LogP contribution in [-0.4, -0.2) is 34.7 Å². The number of anilines is 2. The first kappa shape index (κ1) is 20.0. The summed E-state index contributed by atoms with van der Waals surface area (Å²) in [5.74, 6) is -0.660. The molecular formula is C21H21ClFN3O2S. The van der Waals surface area contributed by atoms with E-state index in [-0.39, 0.29) is 5.91 Å². The second-order valence-electron chi connectivity index (χ2n) is 7.74. The van der Waals surface area contributed by atoms with Crippen molar-refractivity contribution in [2.24, 2.45) is 0 Å². The lowest BCUT2D eigenvalue weighted by molar-refractivity contribution is -0.123. The molecular weight excluding hydrogens is 413 g/mol. The van der Waals surface area contributed by atoms with E-state index >= 15 is 0 Å². The van der Waals surface area contributed by atoms with Gasteiger partial charge in [-0.2, -0.15) is 0 Å². The van der Waals surface area contributed by atoms with Crippen molar-refractivity contribution >= 4 is 46.7 Å². The van der Waals surface area contributed by atoms with Crippen LogP contribution in [0.5, 0.6) is 0 Å². The molecule has 2 aliphatic heterocycles. The molecule has 2 aromatic carbocycles. The van der Waals surface area contributed by atoms with Gasteiger partial charge in [0.2, 0.25) is 0 Å². The lowest BCUT2D eigenvalue weighted by Gasteiger charge is -2.33. The van der Waals surface area contributed by atoms with Crippen molar-refractivity contribution < 1.29 is 14.0 Å². The predicted octanol–water partition coefficient (Wildman–Crippen LogP) is 5.06. The van der Waals surface area contributed by atoms with Crippen LogP contribution < -0.4 is 10.2 Å². The number of urea groups is 1. The molecule has 0 unspecified atom stereocenters. The predicted molar refractivity (Wildman–Crippen MR) is 115 cm³/mol. The normalized spacial score (nSPS) is 22.3. The zero-order chi connectivity index (χ0) is 21.0. The second kappa shape index (κ2) is 6.92. The standard InChI is InChI=1S/C21H21ClFN3O2S/c1-4-25-17-9-8-14(23)11-16(17)21(18(25)27)26(12-20(2,3)29-21)19(28)24-15-7-5-6-13(22)10-15/h5-11H,4,12H2,1-3H3,(H,24,28)/t21-/m1/s1. The largest absolute Gasteiger partial charge is 0.323 e. The van der Waals surface area contributed by atoms with E-state index in [1.807, 2.05) is 20.8 Å². The monoisotopic (exact) mass is 433 g/mol. The van der Waals surface area contributed by atoms with Crippen LogP contribution in [0.15, 0.2) is 42.5 Å². The molecule has 0 bridgehead atoms. The van der Waals surface area contributed by atoms with Gasteiger partial charge in [0, 0.05) is 34.1 Å². The number of thioether (sulfide) groups is 1. The molecule has 8 heteroatoms. The highest BCUT2D eigenvalue weighted by molar-refractivity contribution is 8.02. The minimum atomic E-state index is -1.31. The van der Waals surface area contributed by atoms with Gasteiger partial charge in [0.15, 0.2) is 4.87 Å². The molecule has 2 heterocycles. The number of rotatable bonds is 2. The van der Waals surface area contributed by atoms with Crippen molar-refractivity contribution in [2.45, 2.75) is 30.4 Å². The quantitative estimate of drug-likeness (QED) is 0.720. The number of halogens is 2. The van der Waals surface area contributed by atoms with E-state index in [1.54, 1.807) is 35.2 Å². The highest BCUT2D eigenvalue weighted by atomic mass is 35.5. The zero-order valence-corrected chi connectivity index (χ0v) is 17.9. The Hall–Kier alpha value is -2.25. The average Bonchev–Trinajstić information content (AvgIpc) is 3.07. The smallest absolute Gasteiger partial charge is 0.309 e. The Morgan fingerprint density at radius 3 is 2.72 bits per heavy atom. The maximum Gasteiger partial charge on any atom is 0.323 e. The summed E-state index contributed by atoms with van der Waals surface area (Å²) >= 11 is 7.42. The fourth-order valence-electron chi connectivity index (χ4n) is 4.05. The third kappa shape index (κ3) is 3.16. The molecule has 0 radical (unpaired) electrons. The van der Waals surface area contributed by atoms with Gasteiger partial charge in [-0.1, -0.05) is 17.7 Å². The van der Waals surface area contributed by atoms with E-state index in [4.69, 9.17) is 11.6 Å². The number of hydrogen-bond donors (Lipinski definition) is 1. The summed E-state index contributed by atoms with van der Waals surface area (Å²) in [5, 5.41) is 3.33. The molecule has 3 amide bonds. The maximum atomic E-state index is 14.2. The molecule has 152 valence electrons. The SMILES string of the molecule is CCN1C(=O)[C@]2(SC(C)(C)CN2C(=O)Nc2cccc(Cl)c2)c2cc(F)ccc21. The molecule has 1 saturated heterocycles. The minimum Gasteiger partial charge on any atom is -0.309 e. The molecule has 0 aromatic heterocycles. The number of carbonyl (C=O) groups excluding carboxylic acids is 2. The van der Waals surface area contributed by atoms with Crippen LogP contribution in [0, 0.1) is 5.82 Å². The van der Waals surface area contributed by atoms with Gasteiger partial charge in [-0.05, 0) is 57.2 Å². The zero-order valence-electron chi connectivity index (χ0n) is 16.3. The maximum absolute atomic E-state index is 14.2. The summed E-state index contributed by atoms with van der Waals surface area (Å²) in [4.78, 5) is 28.7. The fourth-order valence-corrected chi connectivity index (χ4v) is 5.96. The van der Waals surface area contributed by atoms with Gasteiger partial charge in [-0.25, -0.2) is 9.18 Å². The Balaban J connectivity index is 1.81. The number of nitrogens with zero attached hydrogens (tertiary/aromatic N) is 2. The van der Waals surface area contributed by atoms with Crippen LogP contribution in [0.3, 0.4) is 0 Å². The van der Waals surface area contributed by atoms with Gasteiger partial charge in [0.05, 0.1) is 5.69 Å². The molecule has 0 saturated carbocycles. The number of benzene rings is 2. The van der Waals surface area contributed by atoms with Crippen molar-refractivity contribution in [1.82, 2.24) is 4.90 Å². The number of hydrogen-bond acceptors (Lipinski definition) is 3. The summed E-state index contributed by atoms with van der Waals surface area (Å²) in [7, 11) is 0. The molecule has 1 N–H and O–H groups in total. The van der Waals surface area contributed by atoms with Crippen LogP contribution in [0.2, 0.25) is 5.02 Å². The van der Waals surface area contributed by atoms with Crippen LogP contribution >= 0.6 is 23.4 Å². The van der Waals surface area contributed by atoms with Gasteiger partial charge in [-0.15, -0.1) is 11.8 Å². The lowest BCUT2D eigenvalue weighted by Crippen LogP contribution is -2.51. The molecule has 2 aromatic rings. The molecule has 1 atom stereocenters. The Bertz CT molecular complexity index is 1020. The van der Waals surface area contributed by atoms with Crippen molar-refractivity contribution in [3.63, 3.8) is 0 Å². The minimum absolute atomic E-state index is 0.225. The first-order valence-electron chi connectivity index (χ1n) is 9.34. The van der Waals surface area contributed by atoms with Crippen LogP contribution in [-0.2, 0) is 9.67 Å². The second-order valence-corrected chi connectivity index (χ2v) is 10.1. The van der Waals surface area contributed by atoms with Gasteiger partial charge in [-0.3, -0.25) is 9.69 Å². The van der Waals surface area contributed by atoms with Crippen molar-refractivity contribution in [1.29, 1.82) is 0 Å². The van der Waals surface area contributed by atoms with Crippen LogP contribution in [0.25, 0.3) is 0 Å². The lowest BCUT2D eigenvalue weighted by atomic mass is 10.0. The molecule has 1 fully saturated rings. The Morgan fingerprint density at radius 1 is 1.28 bits per heavy atom. The molecule has 2 aliphatic rings. The van der Waals surface area contributed by atoms with E-state index in [9.17, 15) is 14.0 Å². The van der Waals surface area contributed by atoms with Gasteiger partial charge in [0.25, 0.3) is 5.91 Å². The summed E-state index contributed by atoms with van der Waals surface area (Å²) in [6, 6.07) is 10.7. The Labute approximate surface area is 178 Å². The molecule has 1 spiro atoms. The van der Waals surface area contributed by atoms with Gasteiger partial charge < -0.3 is 10.2 Å². The number of nitrogens with one attached hydrogen (secondary N) is 1. The topological polar surface area (TPSA) is 52.7 Å². The van der Waals surface area contributed by atoms with Crippen molar-refractivity contribution in [3.8, 4) is 0 Å². The molecule has 0 aliphatic carbocycles. The summed E-state index contributed by atoms with van der Waals surface area (Å²) in [6.45, 7) is 6.60.